The SMILES string of the molecule is C#CCC1(O)CCOCC1. The van der Waals surface area contributed by atoms with Crippen molar-refractivity contribution in [2.75, 3.05) is 13.2 Å². The first-order valence-corrected chi connectivity index (χ1v) is 3.50. The Balaban J connectivity index is 2.42. The molecule has 0 bridgehead atoms. The van der Waals surface area contributed by atoms with Crippen LogP contribution in [0.3, 0.4) is 0 Å². The van der Waals surface area contributed by atoms with Crippen LogP contribution in [0.2, 0.25) is 0 Å². The van der Waals surface area contributed by atoms with E-state index in [1.54, 1.807) is 0 Å². The molecule has 1 aliphatic heterocycles. The smallest absolute Gasteiger partial charge is 0.0800 e. The van der Waals surface area contributed by atoms with E-state index in [1.165, 1.54) is 0 Å². The van der Waals surface area contributed by atoms with Gasteiger partial charge in [-0.1, -0.05) is 0 Å². The topological polar surface area (TPSA) is 29.5 Å². The highest BCUT2D eigenvalue weighted by atomic mass is 16.5. The molecule has 0 saturated carbocycles. The van der Waals surface area contributed by atoms with Crippen LogP contribution < -0.4 is 0 Å². The van der Waals surface area contributed by atoms with Crippen LogP contribution >= 0.6 is 0 Å². The third kappa shape index (κ3) is 1.73. The van der Waals surface area contributed by atoms with E-state index < -0.39 is 5.60 Å². The lowest BCUT2D eigenvalue weighted by atomic mass is 9.91. The number of hydrogen-bond acceptors (Lipinski definition) is 2. The van der Waals surface area contributed by atoms with Gasteiger partial charge in [-0.3, -0.25) is 0 Å². The molecule has 2 heteroatoms. The number of ether oxygens (including phenoxy) is 1. The Morgan fingerprint density at radius 2 is 2.10 bits per heavy atom. The van der Waals surface area contributed by atoms with Gasteiger partial charge in [0.2, 0.25) is 0 Å². The predicted octanol–water partition coefficient (Wildman–Crippen LogP) is 0.551. The van der Waals surface area contributed by atoms with E-state index in [-0.39, 0.29) is 0 Å². The van der Waals surface area contributed by atoms with Gasteiger partial charge in [-0.25, -0.2) is 0 Å². The second-order valence-electron chi connectivity index (χ2n) is 2.72. The highest BCUT2D eigenvalue weighted by Crippen LogP contribution is 2.22. The lowest BCUT2D eigenvalue weighted by Crippen LogP contribution is -2.35. The summed E-state index contributed by atoms with van der Waals surface area (Å²) >= 11 is 0. The molecular weight excluding hydrogens is 128 g/mol. The summed E-state index contributed by atoms with van der Waals surface area (Å²) in [7, 11) is 0. The van der Waals surface area contributed by atoms with Crippen molar-refractivity contribution in [1.82, 2.24) is 0 Å². The van der Waals surface area contributed by atoms with Crippen molar-refractivity contribution in [3.8, 4) is 12.3 Å². The van der Waals surface area contributed by atoms with Gasteiger partial charge < -0.3 is 9.84 Å². The second kappa shape index (κ2) is 3.05. The zero-order valence-corrected chi connectivity index (χ0v) is 5.97. The van der Waals surface area contributed by atoms with E-state index in [0.717, 1.165) is 0 Å². The second-order valence-corrected chi connectivity index (χ2v) is 2.72. The standard InChI is InChI=1S/C8H12O2/c1-2-3-8(9)4-6-10-7-5-8/h1,9H,3-7H2. The molecule has 2 nitrogen and oxygen atoms in total. The van der Waals surface area contributed by atoms with Gasteiger partial charge in [-0.2, -0.15) is 0 Å². The molecule has 1 rings (SSSR count). The van der Waals surface area contributed by atoms with Crippen molar-refractivity contribution in [3.05, 3.63) is 0 Å². The van der Waals surface area contributed by atoms with E-state index in [0.29, 0.717) is 32.5 Å². The summed E-state index contributed by atoms with van der Waals surface area (Å²) in [5.74, 6) is 2.47. The van der Waals surface area contributed by atoms with Gasteiger partial charge in [-0.05, 0) is 0 Å². The van der Waals surface area contributed by atoms with Gasteiger partial charge in [-0.15, -0.1) is 12.3 Å². The van der Waals surface area contributed by atoms with E-state index in [9.17, 15) is 5.11 Å². The molecule has 0 radical (unpaired) electrons. The molecule has 1 heterocycles. The zero-order chi connectivity index (χ0) is 7.45. The van der Waals surface area contributed by atoms with Crippen molar-refractivity contribution < 1.29 is 9.84 Å². The van der Waals surface area contributed by atoms with Crippen LogP contribution in [0.5, 0.6) is 0 Å². The summed E-state index contributed by atoms with van der Waals surface area (Å²) in [4.78, 5) is 0. The minimum Gasteiger partial charge on any atom is -0.389 e. The quantitative estimate of drug-likeness (QED) is 0.539. The number of aliphatic hydroxyl groups is 1. The van der Waals surface area contributed by atoms with Gasteiger partial charge in [0.25, 0.3) is 0 Å². The molecule has 10 heavy (non-hydrogen) atoms. The van der Waals surface area contributed by atoms with Gasteiger partial charge >= 0.3 is 0 Å². The Kier molecular flexibility index (Phi) is 2.31. The maximum atomic E-state index is 9.65. The fourth-order valence-corrected chi connectivity index (χ4v) is 1.12. The van der Waals surface area contributed by atoms with Crippen molar-refractivity contribution in [1.29, 1.82) is 0 Å². The van der Waals surface area contributed by atoms with Gasteiger partial charge in [0.15, 0.2) is 0 Å². The fourth-order valence-electron chi connectivity index (χ4n) is 1.12. The molecule has 1 aliphatic rings. The van der Waals surface area contributed by atoms with E-state index in [4.69, 9.17) is 11.2 Å². The number of rotatable bonds is 1. The molecule has 1 N–H and O–H groups in total. The zero-order valence-electron chi connectivity index (χ0n) is 5.97. The summed E-state index contributed by atoms with van der Waals surface area (Å²) < 4.78 is 5.08. The lowest BCUT2D eigenvalue weighted by molar-refractivity contribution is -0.0596. The van der Waals surface area contributed by atoms with Gasteiger partial charge in [0.05, 0.1) is 5.60 Å². The summed E-state index contributed by atoms with van der Waals surface area (Å²) in [5, 5.41) is 9.65. The largest absolute Gasteiger partial charge is 0.389 e. The van der Waals surface area contributed by atoms with Gasteiger partial charge in [0, 0.05) is 32.5 Å². The Morgan fingerprint density at radius 1 is 1.50 bits per heavy atom. The van der Waals surface area contributed by atoms with Crippen molar-refractivity contribution in [2.45, 2.75) is 24.9 Å². The molecule has 56 valence electrons. The average molecular weight is 140 g/mol. The first-order valence-electron chi connectivity index (χ1n) is 3.50. The average Bonchev–Trinajstić information content (AvgIpc) is 1.89. The summed E-state index contributed by atoms with van der Waals surface area (Å²) in [6.45, 7) is 1.27. The molecule has 0 spiro atoms. The minimum atomic E-state index is -0.632. The van der Waals surface area contributed by atoms with Gasteiger partial charge in [0.1, 0.15) is 0 Å². The predicted molar refractivity (Wildman–Crippen MR) is 38.5 cm³/mol. The maximum Gasteiger partial charge on any atom is 0.0800 e. The molecule has 0 aromatic carbocycles. The third-order valence-electron chi connectivity index (χ3n) is 1.85. The van der Waals surface area contributed by atoms with Crippen LogP contribution in [-0.2, 0) is 4.74 Å². The first-order chi connectivity index (χ1) is 4.77. The molecule has 0 aromatic heterocycles. The molecule has 0 aromatic rings. The van der Waals surface area contributed by atoms with Crippen LogP contribution in [0.25, 0.3) is 0 Å². The number of hydrogen-bond donors (Lipinski definition) is 1. The van der Waals surface area contributed by atoms with Crippen molar-refractivity contribution in [3.63, 3.8) is 0 Å². The van der Waals surface area contributed by atoms with E-state index in [2.05, 4.69) is 5.92 Å². The molecule has 1 saturated heterocycles. The van der Waals surface area contributed by atoms with Crippen LogP contribution in [0.1, 0.15) is 19.3 Å². The third-order valence-corrected chi connectivity index (χ3v) is 1.85. The lowest BCUT2D eigenvalue weighted by Gasteiger charge is -2.29. The summed E-state index contributed by atoms with van der Waals surface area (Å²) in [6.07, 6.45) is 6.90. The Bertz CT molecular complexity index is 140. The highest BCUT2D eigenvalue weighted by Gasteiger charge is 2.28. The number of terminal acetylenes is 1. The molecule has 0 aliphatic carbocycles. The van der Waals surface area contributed by atoms with E-state index in [1.807, 2.05) is 0 Å². The summed E-state index contributed by atoms with van der Waals surface area (Å²) in [5.41, 5.74) is -0.632. The highest BCUT2D eigenvalue weighted by molar-refractivity contribution is 4.96. The minimum absolute atomic E-state index is 0.455. The Labute approximate surface area is 61.2 Å². The van der Waals surface area contributed by atoms with Crippen LogP contribution in [-0.4, -0.2) is 23.9 Å². The van der Waals surface area contributed by atoms with Crippen LogP contribution in [0, 0.1) is 12.3 Å². The molecular formula is C8H12O2. The van der Waals surface area contributed by atoms with Crippen LogP contribution in [0.4, 0.5) is 0 Å². The molecule has 0 unspecified atom stereocenters. The molecule has 1 fully saturated rings. The van der Waals surface area contributed by atoms with E-state index >= 15 is 0 Å². The van der Waals surface area contributed by atoms with Crippen molar-refractivity contribution in [2.24, 2.45) is 0 Å². The normalized spacial score (nSPS) is 23.6. The fraction of sp³-hybridized carbons (Fsp3) is 0.750. The summed E-state index contributed by atoms with van der Waals surface area (Å²) in [6, 6.07) is 0. The first kappa shape index (κ1) is 7.59. The van der Waals surface area contributed by atoms with Crippen molar-refractivity contribution >= 4 is 0 Å². The molecule has 0 atom stereocenters. The van der Waals surface area contributed by atoms with Crippen LogP contribution in [0.15, 0.2) is 0 Å². The Morgan fingerprint density at radius 3 is 2.60 bits per heavy atom. The monoisotopic (exact) mass is 140 g/mol. The Hall–Kier alpha value is -0.520. The maximum absolute atomic E-state index is 9.65. The molecule has 0 amide bonds.